The maximum absolute atomic E-state index is 13.6. The molecule has 0 aliphatic heterocycles. The Morgan fingerprint density at radius 1 is 0.962 bits per heavy atom. The van der Waals surface area contributed by atoms with Crippen molar-refractivity contribution < 1.29 is 4.39 Å². The van der Waals surface area contributed by atoms with Crippen molar-refractivity contribution in [3.05, 3.63) is 70.5 Å². The van der Waals surface area contributed by atoms with E-state index in [1.807, 2.05) is 6.07 Å². The van der Waals surface area contributed by atoms with Crippen LogP contribution in [0.15, 0.2) is 47.5 Å². The number of nitrogens with zero attached hydrogens (tertiary/aromatic N) is 2. The second-order valence-corrected chi connectivity index (χ2v) is 6.42. The van der Waals surface area contributed by atoms with Crippen molar-refractivity contribution in [3.8, 4) is 0 Å². The number of guanidine groups is 1. The first-order chi connectivity index (χ1) is 12.0. The molecule has 2 aromatic carbocycles. The zero-order chi connectivity index (χ0) is 18.2. The van der Waals surface area contributed by atoms with E-state index in [2.05, 4.69) is 58.9 Å². The minimum atomic E-state index is -0.180. The summed E-state index contributed by atoms with van der Waals surface area (Å²) in [5, 5.41) is 6.48. The summed E-state index contributed by atoms with van der Waals surface area (Å²) in [6, 6.07) is 13.8. The van der Waals surface area contributed by atoms with Gasteiger partial charge in [0.15, 0.2) is 5.96 Å². The largest absolute Gasteiger partial charge is 0.352 e. The molecule has 2 N–H and O–H groups in total. The van der Waals surface area contributed by atoms with Crippen LogP contribution in [0, 0.1) is 12.7 Å². The number of nitrogens with one attached hydrogen (secondary N) is 2. The number of aryl methyl sites for hydroxylation is 1. The molecule has 2 rings (SSSR count). The van der Waals surface area contributed by atoms with Crippen LogP contribution in [0.4, 0.5) is 4.39 Å². The number of hydrogen-bond donors (Lipinski definition) is 2. The molecular formula is C20H28FIN4. The molecule has 0 aromatic heterocycles. The van der Waals surface area contributed by atoms with Crippen molar-refractivity contribution in [2.45, 2.75) is 26.6 Å². The third kappa shape index (κ3) is 7.29. The Labute approximate surface area is 172 Å². The van der Waals surface area contributed by atoms with Crippen LogP contribution in [0.3, 0.4) is 0 Å². The highest BCUT2D eigenvalue weighted by Crippen LogP contribution is 2.09. The molecule has 26 heavy (non-hydrogen) atoms. The van der Waals surface area contributed by atoms with Gasteiger partial charge in [-0.2, -0.15) is 0 Å². The highest BCUT2D eigenvalue weighted by molar-refractivity contribution is 14.0. The van der Waals surface area contributed by atoms with Crippen molar-refractivity contribution in [1.29, 1.82) is 0 Å². The summed E-state index contributed by atoms with van der Waals surface area (Å²) in [6.07, 6.45) is 0. The van der Waals surface area contributed by atoms with E-state index in [0.29, 0.717) is 24.6 Å². The fourth-order valence-corrected chi connectivity index (χ4v) is 2.47. The van der Waals surface area contributed by atoms with Gasteiger partial charge in [0.05, 0.1) is 0 Å². The van der Waals surface area contributed by atoms with Gasteiger partial charge in [0, 0.05) is 26.7 Å². The summed E-state index contributed by atoms with van der Waals surface area (Å²) in [6.45, 7) is 3.91. The molecule has 0 saturated heterocycles. The number of rotatable bonds is 6. The maximum Gasteiger partial charge on any atom is 0.191 e. The molecule has 0 spiro atoms. The van der Waals surface area contributed by atoms with Crippen molar-refractivity contribution in [2.24, 2.45) is 4.99 Å². The molecule has 0 atom stereocenters. The molecular weight excluding hydrogens is 442 g/mol. The van der Waals surface area contributed by atoms with Gasteiger partial charge >= 0.3 is 0 Å². The third-order valence-corrected chi connectivity index (χ3v) is 3.90. The maximum atomic E-state index is 13.6. The molecule has 142 valence electrons. The van der Waals surface area contributed by atoms with Gasteiger partial charge in [0.1, 0.15) is 5.82 Å². The van der Waals surface area contributed by atoms with E-state index in [1.165, 1.54) is 11.1 Å². The molecule has 0 radical (unpaired) electrons. The monoisotopic (exact) mass is 470 g/mol. The average Bonchev–Trinajstić information content (AvgIpc) is 2.59. The summed E-state index contributed by atoms with van der Waals surface area (Å²) in [4.78, 5) is 6.35. The Kier molecular flexibility index (Phi) is 9.58. The van der Waals surface area contributed by atoms with E-state index in [1.54, 1.807) is 26.1 Å². The fourth-order valence-electron chi connectivity index (χ4n) is 2.47. The van der Waals surface area contributed by atoms with Crippen LogP contribution in [0.25, 0.3) is 0 Å². The Hall–Kier alpha value is -1.67. The van der Waals surface area contributed by atoms with Gasteiger partial charge in [-0.15, -0.1) is 24.0 Å². The molecule has 0 saturated carbocycles. The van der Waals surface area contributed by atoms with Crippen molar-refractivity contribution in [1.82, 2.24) is 15.5 Å². The van der Waals surface area contributed by atoms with Gasteiger partial charge in [-0.1, -0.05) is 36.4 Å². The first kappa shape index (κ1) is 22.4. The second kappa shape index (κ2) is 11.1. The van der Waals surface area contributed by atoms with Crippen molar-refractivity contribution in [3.63, 3.8) is 0 Å². The fraction of sp³-hybridized carbons (Fsp3) is 0.350. The SMILES string of the molecule is CN=C(NCc1ccc(CN(C)C)cc1)NCc1ccc(C)c(F)c1.I. The predicted molar refractivity (Wildman–Crippen MR) is 117 cm³/mol. The van der Waals surface area contributed by atoms with E-state index in [-0.39, 0.29) is 29.8 Å². The lowest BCUT2D eigenvalue weighted by Gasteiger charge is -2.13. The lowest BCUT2D eigenvalue weighted by Crippen LogP contribution is -2.36. The van der Waals surface area contributed by atoms with E-state index in [9.17, 15) is 4.39 Å². The van der Waals surface area contributed by atoms with Crippen molar-refractivity contribution >= 4 is 29.9 Å². The van der Waals surface area contributed by atoms with Gasteiger partial charge in [-0.3, -0.25) is 4.99 Å². The number of halogens is 2. The highest BCUT2D eigenvalue weighted by Gasteiger charge is 2.02. The van der Waals surface area contributed by atoms with Crippen LogP contribution in [-0.4, -0.2) is 32.0 Å². The smallest absolute Gasteiger partial charge is 0.191 e. The number of benzene rings is 2. The molecule has 0 heterocycles. The number of hydrogen-bond acceptors (Lipinski definition) is 2. The third-order valence-electron chi connectivity index (χ3n) is 3.90. The summed E-state index contributed by atoms with van der Waals surface area (Å²) in [5.41, 5.74) is 4.02. The molecule has 0 aliphatic carbocycles. The summed E-state index contributed by atoms with van der Waals surface area (Å²) in [5.74, 6) is 0.512. The lowest BCUT2D eigenvalue weighted by atomic mass is 10.1. The molecule has 0 fully saturated rings. The average molecular weight is 470 g/mol. The summed E-state index contributed by atoms with van der Waals surface area (Å²) >= 11 is 0. The molecule has 0 bridgehead atoms. The Morgan fingerprint density at radius 3 is 2.04 bits per heavy atom. The molecule has 2 aromatic rings. The standard InChI is InChI=1S/C20H27FN4.HI/c1-15-5-6-18(11-19(15)21)13-24-20(22-2)23-12-16-7-9-17(10-8-16)14-25(3)4;/h5-11H,12-14H2,1-4H3,(H2,22,23,24);1H. The van der Waals surface area contributed by atoms with Crippen LogP contribution in [-0.2, 0) is 19.6 Å². The van der Waals surface area contributed by atoms with Gasteiger partial charge in [-0.05, 0) is 49.3 Å². The van der Waals surface area contributed by atoms with Crippen LogP contribution in [0.2, 0.25) is 0 Å². The van der Waals surface area contributed by atoms with Gasteiger partial charge in [0.25, 0.3) is 0 Å². The zero-order valence-corrected chi connectivity index (χ0v) is 18.2. The Balaban J connectivity index is 0.00000338. The summed E-state index contributed by atoms with van der Waals surface area (Å²) < 4.78 is 13.6. The quantitative estimate of drug-likeness (QED) is 0.385. The van der Waals surface area contributed by atoms with Crippen LogP contribution < -0.4 is 10.6 Å². The van der Waals surface area contributed by atoms with Gasteiger partial charge in [0.2, 0.25) is 0 Å². The van der Waals surface area contributed by atoms with Crippen molar-refractivity contribution in [2.75, 3.05) is 21.1 Å². The molecule has 4 nitrogen and oxygen atoms in total. The van der Waals surface area contributed by atoms with E-state index >= 15 is 0 Å². The minimum Gasteiger partial charge on any atom is -0.352 e. The lowest BCUT2D eigenvalue weighted by molar-refractivity contribution is 0.402. The van der Waals surface area contributed by atoms with E-state index in [0.717, 1.165) is 12.1 Å². The first-order valence-electron chi connectivity index (χ1n) is 8.40. The number of aliphatic imine (C=N–C) groups is 1. The predicted octanol–water partition coefficient (Wildman–Crippen LogP) is 3.68. The second-order valence-electron chi connectivity index (χ2n) is 6.42. The molecule has 6 heteroatoms. The van der Waals surface area contributed by atoms with Crippen LogP contribution in [0.1, 0.15) is 22.3 Å². The molecule has 0 aliphatic rings. The Morgan fingerprint density at radius 2 is 1.50 bits per heavy atom. The van der Waals surface area contributed by atoms with Crippen LogP contribution >= 0.6 is 24.0 Å². The first-order valence-corrected chi connectivity index (χ1v) is 8.40. The Bertz CT molecular complexity index is 714. The summed E-state index contributed by atoms with van der Waals surface area (Å²) in [7, 11) is 5.85. The highest BCUT2D eigenvalue weighted by atomic mass is 127. The van der Waals surface area contributed by atoms with E-state index < -0.39 is 0 Å². The van der Waals surface area contributed by atoms with Gasteiger partial charge in [-0.25, -0.2) is 4.39 Å². The normalized spacial score (nSPS) is 11.2. The van der Waals surface area contributed by atoms with Crippen LogP contribution in [0.5, 0.6) is 0 Å². The van der Waals surface area contributed by atoms with E-state index in [4.69, 9.17) is 0 Å². The molecule has 0 unspecified atom stereocenters. The molecule has 0 amide bonds. The zero-order valence-electron chi connectivity index (χ0n) is 15.8. The van der Waals surface area contributed by atoms with Gasteiger partial charge < -0.3 is 15.5 Å². The topological polar surface area (TPSA) is 39.7 Å². The minimum absolute atomic E-state index is 0.